The number of nitrogens with two attached hydrogens (primary N) is 1. The lowest BCUT2D eigenvalue weighted by Gasteiger charge is -2.29. The van der Waals surface area contributed by atoms with Crippen molar-refractivity contribution in [3.63, 3.8) is 0 Å². The van der Waals surface area contributed by atoms with Crippen LogP contribution in [0.4, 0.5) is 4.79 Å². The molecular weight excluding hydrogens is 254 g/mol. The van der Waals surface area contributed by atoms with Crippen LogP contribution < -0.4 is 11.1 Å². The molecule has 0 saturated carbocycles. The molecule has 1 aliphatic heterocycles. The summed E-state index contributed by atoms with van der Waals surface area (Å²) in [6.45, 7) is 2.86. The maximum Gasteiger partial charge on any atom is 0.312 e. The van der Waals surface area contributed by atoms with Gasteiger partial charge in [0.15, 0.2) is 0 Å². The van der Waals surface area contributed by atoms with Crippen LogP contribution in [-0.2, 0) is 4.79 Å². The number of hydrogen-bond donors (Lipinski definition) is 2. The molecule has 0 fully saturated rings. The molecule has 0 aromatic heterocycles. The zero-order valence-electron chi connectivity index (χ0n) is 11.5. The van der Waals surface area contributed by atoms with E-state index in [4.69, 9.17) is 5.73 Å². The highest BCUT2D eigenvalue weighted by atomic mass is 16.2. The predicted molar refractivity (Wildman–Crippen MR) is 77.8 cm³/mol. The molecule has 2 rings (SSSR count). The number of carbonyl (C=O) groups is 2. The van der Waals surface area contributed by atoms with Gasteiger partial charge >= 0.3 is 6.03 Å². The Labute approximate surface area is 118 Å². The first-order valence-corrected chi connectivity index (χ1v) is 6.67. The van der Waals surface area contributed by atoms with E-state index in [2.05, 4.69) is 23.5 Å². The van der Waals surface area contributed by atoms with E-state index < -0.39 is 12.1 Å². The molecule has 1 aromatic rings. The predicted octanol–water partition coefficient (Wildman–Crippen LogP) is 1.36. The second kappa shape index (κ2) is 6.23. The lowest BCUT2D eigenvalue weighted by Crippen LogP contribution is -2.49. The van der Waals surface area contributed by atoms with E-state index in [0.717, 1.165) is 6.42 Å². The first-order valence-electron chi connectivity index (χ1n) is 6.67. The number of nitrogens with one attached hydrogen (secondary N) is 1. The van der Waals surface area contributed by atoms with E-state index in [-0.39, 0.29) is 5.91 Å². The van der Waals surface area contributed by atoms with Crippen LogP contribution in [0.2, 0.25) is 0 Å². The third kappa shape index (κ3) is 3.38. The summed E-state index contributed by atoms with van der Waals surface area (Å²) in [6, 6.07) is 8.88. The van der Waals surface area contributed by atoms with Gasteiger partial charge in [-0.1, -0.05) is 36.4 Å². The Balaban J connectivity index is 1.98. The molecule has 0 bridgehead atoms. The fourth-order valence-electron chi connectivity index (χ4n) is 2.33. The van der Waals surface area contributed by atoms with Crippen LogP contribution in [0.3, 0.4) is 0 Å². The van der Waals surface area contributed by atoms with Gasteiger partial charge in [0, 0.05) is 13.1 Å². The van der Waals surface area contributed by atoms with Gasteiger partial charge in [-0.2, -0.15) is 0 Å². The number of nitrogens with zero attached hydrogens (tertiary/aromatic N) is 1. The smallest absolute Gasteiger partial charge is 0.312 e. The highest BCUT2D eigenvalue weighted by Crippen LogP contribution is 2.22. The number of hydrogen-bond acceptors (Lipinski definition) is 2. The molecule has 0 unspecified atom stereocenters. The van der Waals surface area contributed by atoms with E-state index in [9.17, 15) is 9.59 Å². The molecular formula is C15H19N3O2. The normalized spacial score (nSPS) is 16.2. The van der Waals surface area contributed by atoms with Crippen molar-refractivity contribution in [1.29, 1.82) is 0 Å². The molecule has 0 aliphatic carbocycles. The van der Waals surface area contributed by atoms with Crippen molar-refractivity contribution in [1.82, 2.24) is 10.2 Å². The Morgan fingerprint density at radius 1 is 1.30 bits per heavy atom. The van der Waals surface area contributed by atoms with Crippen LogP contribution in [0.5, 0.6) is 0 Å². The summed E-state index contributed by atoms with van der Waals surface area (Å²) in [5.74, 6) is -0.104. The van der Waals surface area contributed by atoms with Gasteiger partial charge in [0.2, 0.25) is 5.91 Å². The number of urea groups is 1. The van der Waals surface area contributed by atoms with Gasteiger partial charge in [-0.05, 0) is 24.5 Å². The first-order chi connectivity index (χ1) is 9.58. The number of primary amides is 1. The molecule has 1 aliphatic rings. The fraction of sp³-hybridized carbons (Fsp3) is 0.333. The summed E-state index contributed by atoms with van der Waals surface area (Å²) in [6.07, 6.45) is 2.88. The van der Waals surface area contributed by atoms with E-state index in [1.54, 1.807) is 11.8 Å². The second-order valence-electron chi connectivity index (χ2n) is 4.86. The Bertz CT molecular complexity index is 525. The van der Waals surface area contributed by atoms with Crippen LogP contribution in [-0.4, -0.2) is 36.0 Å². The van der Waals surface area contributed by atoms with Gasteiger partial charge < -0.3 is 16.0 Å². The molecule has 3 amide bonds. The lowest BCUT2D eigenvalue weighted by molar-refractivity contribution is -0.132. The van der Waals surface area contributed by atoms with Crippen molar-refractivity contribution in [3.8, 4) is 0 Å². The highest BCUT2D eigenvalue weighted by molar-refractivity contribution is 5.87. The van der Waals surface area contributed by atoms with Crippen molar-refractivity contribution < 1.29 is 9.59 Å². The van der Waals surface area contributed by atoms with E-state index >= 15 is 0 Å². The number of carbonyl (C=O) groups excluding carboxylic acids is 2. The van der Waals surface area contributed by atoms with Gasteiger partial charge in [-0.15, -0.1) is 0 Å². The molecule has 106 valence electrons. The molecule has 1 atom stereocenters. The number of benzene rings is 1. The Morgan fingerprint density at radius 3 is 2.55 bits per heavy atom. The van der Waals surface area contributed by atoms with E-state index in [1.165, 1.54) is 11.1 Å². The zero-order valence-corrected chi connectivity index (χ0v) is 11.5. The molecule has 5 heteroatoms. The Hall–Kier alpha value is -2.30. The standard InChI is InChI=1S/C15H19N3O2/c1-11(17-15(16)20)14(19)18-9-7-13(8-10-18)12-5-3-2-4-6-12/h2-7,11H,8-10H2,1H3,(H3,16,17,20)/t11-/m0/s1. The first kappa shape index (κ1) is 14.1. The maximum absolute atomic E-state index is 12.1. The van der Waals surface area contributed by atoms with Gasteiger partial charge in [0.25, 0.3) is 0 Å². The number of rotatable bonds is 3. The minimum atomic E-state index is -0.677. The third-order valence-corrected chi connectivity index (χ3v) is 3.39. The summed E-state index contributed by atoms with van der Waals surface area (Å²) in [4.78, 5) is 24.6. The van der Waals surface area contributed by atoms with Crippen molar-refractivity contribution in [3.05, 3.63) is 42.0 Å². The van der Waals surface area contributed by atoms with E-state index in [0.29, 0.717) is 13.1 Å². The summed E-state index contributed by atoms with van der Waals surface area (Å²) in [7, 11) is 0. The van der Waals surface area contributed by atoms with Gasteiger partial charge in [-0.3, -0.25) is 4.79 Å². The van der Waals surface area contributed by atoms with Crippen LogP contribution in [0, 0.1) is 0 Å². The van der Waals surface area contributed by atoms with Gasteiger partial charge in [-0.25, -0.2) is 4.79 Å². The van der Waals surface area contributed by atoms with Crippen molar-refractivity contribution in [2.75, 3.05) is 13.1 Å². The Kier molecular flexibility index (Phi) is 4.40. The largest absolute Gasteiger partial charge is 0.352 e. The Morgan fingerprint density at radius 2 is 2.00 bits per heavy atom. The van der Waals surface area contributed by atoms with Gasteiger partial charge in [0.05, 0.1) is 0 Å². The molecule has 0 spiro atoms. The second-order valence-corrected chi connectivity index (χ2v) is 4.86. The SMILES string of the molecule is C[C@H](NC(N)=O)C(=O)N1CC=C(c2ccccc2)CC1. The van der Waals surface area contributed by atoms with Crippen LogP contribution in [0.25, 0.3) is 5.57 Å². The minimum absolute atomic E-state index is 0.104. The van der Waals surface area contributed by atoms with E-state index in [1.807, 2.05) is 18.2 Å². The van der Waals surface area contributed by atoms with Crippen molar-refractivity contribution >= 4 is 17.5 Å². The summed E-state index contributed by atoms with van der Waals surface area (Å²) < 4.78 is 0. The molecule has 1 heterocycles. The molecule has 5 nitrogen and oxygen atoms in total. The fourth-order valence-corrected chi connectivity index (χ4v) is 2.33. The molecule has 20 heavy (non-hydrogen) atoms. The van der Waals surface area contributed by atoms with Crippen LogP contribution in [0.1, 0.15) is 18.9 Å². The summed E-state index contributed by atoms with van der Waals surface area (Å²) in [5.41, 5.74) is 7.48. The zero-order chi connectivity index (χ0) is 14.5. The highest BCUT2D eigenvalue weighted by Gasteiger charge is 2.23. The molecule has 1 aromatic carbocycles. The lowest BCUT2D eigenvalue weighted by atomic mass is 9.99. The minimum Gasteiger partial charge on any atom is -0.352 e. The third-order valence-electron chi connectivity index (χ3n) is 3.39. The van der Waals surface area contributed by atoms with Crippen LogP contribution >= 0.6 is 0 Å². The molecule has 0 radical (unpaired) electrons. The van der Waals surface area contributed by atoms with Crippen molar-refractivity contribution in [2.24, 2.45) is 5.73 Å². The van der Waals surface area contributed by atoms with Crippen LogP contribution in [0.15, 0.2) is 36.4 Å². The van der Waals surface area contributed by atoms with Gasteiger partial charge in [0.1, 0.15) is 6.04 Å². The summed E-state index contributed by atoms with van der Waals surface area (Å²) >= 11 is 0. The quantitative estimate of drug-likeness (QED) is 0.872. The number of amides is 3. The molecule has 0 saturated heterocycles. The maximum atomic E-state index is 12.1. The van der Waals surface area contributed by atoms with Crippen molar-refractivity contribution in [2.45, 2.75) is 19.4 Å². The average Bonchev–Trinajstić information content (AvgIpc) is 2.47. The average molecular weight is 273 g/mol. The summed E-state index contributed by atoms with van der Waals surface area (Å²) in [5, 5.41) is 2.41. The monoisotopic (exact) mass is 273 g/mol. The molecule has 3 N–H and O–H groups in total. The topological polar surface area (TPSA) is 75.4 Å².